The third kappa shape index (κ3) is 3.66. The second-order valence-corrected chi connectivity index (χ2v) is 4.10. The lowest BCUT2D eigenvalue weighted by Gasteiger charge is -2.31. The third-order valence-corrected chi connectivity index (χ3v) is 2.83. The minimum atomic E-state index is 0.0258. The summed E-state index contributed by atoms with van der Waals surface area (Å²) in [4.78, 5) is 11.3. The van der Waals surface area contributed by atoms with Crippen LogP contribution in [0.25, 0.3) is 0 Å². The molecule has 1 fully saturated rings. The predicted molar refractivity (Wildman–Crippen MR) is 56.1 cm³/mol. The Morgan fingerprint density at radius 1 is 1.57 bits per heavy atom. The van der Waals surface area contributed by atoms with E-state index in [2.05, 4.69) is 12.2 Å². The number of hydrogen-bond acceptors (Lipinski definition) is 2. The van der Waals surface area contributed by atoms with Crippen LogP contribution in [0.5, 0.6) is 0 Å². The highest BCUT2D eigenvalue weighted by Gasteiger charge is 2.24. The summed E-state index contributed by atoms with van der Waals surface area (Å²) < 4.78 is 5.16. The first kappa shape index (κ1) is 11.5. The van der Waals surface area contributed by atoms with E-state index in [1.807, 2.05) is 6.92 Å². The highest BCUT2D eigenvalue weighted by atomic mass is 16.5. The summed E-state index contributed by atoms with van der Waals surface area (Å²) >= 11 is 0. The number of hydrogen-bond donors (Lipinski definition) is 1. The summed E-state index contributed by atoms with van der Waals surface area (Å²) in [5.41, 5.74) is 0. The van der Waals surface area contributed by atoms with Crippen molar-refractivity contribution in [3.8, 4) is 0 Å². The van der Waals surface area contributed by atoms with Crippen molar-refractivity contribution < 1.29 is 9.53 Å². The Labute approximate surface area is 86.2 Å². The first-order chi connectivity index (χ1) is 6.74. The molecule has 1 aliphatic carbocycles. The highest BCUT2D eigenvalue weighted by molar-refractivity contribution is 5.77. The Bertz CT molecular complexity index is 178. The molecule has 1 atom stereocenters. The van der Waals surface area contributed by atoms with Crippen LogP contribution in [0.15, 0.2) is 0 Å². The topological polar surface area (TPSA) is 38.3 Å². The van der Waals surface area contributed by atoms with Crippen LogP contribution in [-0.2, 0) is 9.53 Å². The minimum Gasteiger partial charge on any atom is -0.372 e. The van der Waals surface area contributed by atoms with E-state index in [-0.39, 0.29) is 12.5 Å². The molecule has 1 N–H and O–H groups in total. The first-order valence-corrected chi connectivity index (χ1v) is 5.61. The molecule has 3 heteroatoms. The quantitative estimate of drug-likeness (QED) is 0.661. The SMILES string of the molecule is CCCOCC(=O)NC(C)C1CCC1. The fourth-order valence-electron chi connectivity index (χ4n) is 1.66. The molecule has 1 unspecified atom stereocenters. The van der Waals surface area contributed by atoms with Gasteiger partial charge in [0.2, 0.25) is 5.91 Å². The fraction of sp³-hybridized carbons (Fsp3) is 0.909. The van der Waals surface area contributed by atoms with Crippen LogP contribution in [0.3, 0.4) is 0 Å². The van der Waals surface area contributed by atoms with Gasteiger partial charge in [0, 0.05) is 12.6 Å². The first-order valence-electron chi connectivity index (χ1n) is 5.61. The number of nitrogens with one attached hydrogen (secondary N) is 1. The Kier molecular flexibility index (Phi) is 4.94. The van der Waals surface area contributed by atoms with Crippen LogP contribution in [0, 0.1) is 5.92 Å². The molecule has 1 amide bonds. The largest absolute Gasteiger partial charge is 0.372 e. The van der Waals surface area contributed by atoms with Crippen LogP contribution in [-0.4, -0.2) is 25.2 Å². The Hall–Kier alpha value is -0.570. The zero-order chi connectivity index (χ0) is 10.4. The van der Waals surface area contributed by atoms with E-state index in [0.717, 1.165) is 6.42 Å². The molecule has 0 aliphatic heterocycles. The lowest BCUT2D eigenvalue weighted by molar-refractivity contribution is -0.126. The average Bonchev–Trinajstić information content (AvgIpc) is 2.00. The van der Waals surface area contributed by atoms with E-state index in [4.69, 9.17) is 4.74 Å². The molecule has 0 saturated heterocycles. The summed E-state index contributed by atoms with van der Waals surface area (Å²) in [7, 11) is 0. The number of amides is 1. The number of carbonyl (C=O) groups excluding carboxylic acids is 1. The molecule has 0 aromatic rings. The van der Waals surface area contributed by atoms with Crippen LogP contribution >= 0.6 is 0 Å². The molecule has 1 saturated carbocycles. The maximum atomic E-state index is 11.3. The molecule has 82 valence electrons. The Morgan fingerprint density at radius 3 is 2.79 bits per heavy atom. The van der Waals surface area contributed by atoms with Gasteiger partial charge in [0.15, 0.2) is 0 Å². The third-order valence-electron chi connectivity index (χ3n) is 2.83. The Morgan fingerprint density at radius 2 is 2.29 bits per heavy atom. The van der Waals surface area contributed by atoms with Crippen molar-refractivity contribution in [3.05, 3.63) is 0 Å². The van der Waals surface area contributed by atoms with E-state index >= 15 is 0 Å². The molecular weight excluding hydrogens is 178 g/mol. The zero-order valence-corrected chi connectivity index (χ0v) is 9.21. The van der Waals surface area contributed by atoms with Crippen molar-refractivity contribution in [1.82, 2.24) is 5.32 Å². The van der Waals surface area contributed by atoms with Gasteiger partial charge in [-0.3, -0.25) is 4.79 Å². The van der Waals surface area contributed by atoms with Crippen molar-refractivity contribution in [2.45, 2.75) is 45.6 Å². The maximum Gasteiger partial charge on any atom is 0.246 e. The summed E-state index contributed by atoms with van der Waals surface area (Å²) in [5.74, 6) is 0.725. The van der Waals surface area contributed by atoms with Gasteiger partial charge in [-0.25, -0.2) is 0 Å². The van der Waals surface area contributed by atoms with Crippen molar-refractivity contribution in [1.29, 1.82) is 0 Å². The minimum absolute atomic E-state index is 0.0258. The van der Waals surface area contributed by atoms with E-state index in [0.29, 0.717) is 18.6 Å². The maximum absolute atomic E-state index is 11.3. The fourth-order valence-corrected chi connectivity index (χ4v) is 1.66. The Balaban J connectivity index is 2.06. The van der Waals surface area contributed by atoms with Gasteiger partial charge in [0.05, 0.1) is 0 Å². The molecule has 14 heavy (non-hydrogen) atoms. The summed E-state index contributed by atoms with van der Waals surface area (Å²) in [6.07, 6.45) is 4.80. The monoisotopic (exact) mass is 199 g/mol. The standard InChI is InChI=1S/C11H21NO2/c1-3-7-14-8-11(13)12-9(2)10-5-4-6-10/h9-10H,3-8H2,1-2H3,(H,12,13). The molecule has 3 nitrogen and oxygen atoms in total. The van der Waals surface area contributed by atoms with Gasteiger partial charge in [-0.05, 0) is 32.1 Å². The average molecular weight is 199 g/mol. The van der Waals surface area contributed by atoms with Crippen molar-refractivity contribution in [2.24, 2.45) is 5.92 Å². The highest BCUT2D eigenvalue weighted by Crippen LogP contribution is 2.29. The predicted octanol–water partition coefficient (Wildman–Crippen LogP) is 1.72. The molecule has 0 heterocycles. The molecule has 1 aliphatic rings. The molecular formula is C11H21NO2. The molecule has 0 aromatic carbocycles. The normalized spacial score (nSPS) is 18.7. The second kappa shape index (κ2) is 6.02. The van der Waals surface area contributed by atoms with Gasteiger partial charge in [0.1, 0.15) is 6.61 Å². The van der Waals surface area contributed by atoms with Gasteiger partial charge >= 0.3 is 0 Å². The number of ether oxygens (including phenoxy) is 1. The van der Waals surface area contributed by atoms with Crippen molar-refractivity contribution in [3.63, 3.8) is 0 Å². The second-order valence-electron chi connectivity index (χ2n) is 4.10. The molecule has 0 spiro atoms. The molecule has 1 rings (SSSR count). The zero-order valence-electron chi connectivity index (χ0n) is 9.21. The number of rotatable bonds is 6. The van der Waals surface area contributed by atoms with Gasteiger partial charge in [-0.2, -0.15) is 0 Å². The van der Waals surface area contributed by atoms with Crippen LogP contribution in [0.2, 0.25) is 0 Å². The van der Waals surface area contributed by atoms with Crippen molar-refractivity contribution >= 4 is 5.91 Å². The van der Waals surface area contributed by atoms with Gasteiger partial charge in [-0.15, -0.1) is 0 Å². The van der Waals surface area contributed by atoms with Crippen LogP contribution < -0.4 is 5.32 Å². The van der Waals surface area contributed by atoms with E-state index in [1.54, 1.807) is 0 Å². The van der Waals surface area contributed by atoms with Gasteiger partial charge in [0.25, 0.3) is 0 Å². The smallest absolute Gasteiger partial charge is 0.246 e. The lowest BCUT2D eigenvalue weighted by Crippen LogP contribution is -2.42. The molecule has 0 bridgehead atoms. The molecule has 0 aromatic heterocycles. The van der Waals surface area contributed by atoms with E-state index in [1.165, 1.54) is 19.3 Å². The van der Waals surface area contributed by atoms with Crippen LogP contribution in [0.4, 0.5) is 0 Å². The van der Waals surface area contributed by atoms with Gasteiger partial charge in [-0.1, -0.05) is 13.3 Å². The van der Waals surface area contributed by atoms with E-state index < -0.39 is 0 Å². The number of carbonyl (C=O) groups is 1. The summed E-state index contributed by atoms with van der Waals surface area (Å²) in [6, 6.07) is 0.321. The summed E-state index contributed by atoms with van der Waals surface area (Å²) in [6.45, 7) is 5.01. The lowest BCUT2D eigenvalue weighted by atomic mass is 9.80. The van der Waals surface area contributed by atoms with Gasteiger partial charge < -0.3 is 10.1 Å². The van der Waals surface area contributed by atoms with Crippen LogP contribution in [0.1, 0.15) is 39.5 Å². The summed E-state index contributed by atoms with van der Waals surface area (Å²) in [5, 5.41) is 2.98. The molecule has 0 radical (unpaired) electrons. The van der Waals surface area contributed by atoms with Crippen molar-refractivity contribution in [2.75, 3.05) is 13.2 Å². The van der Waals surface area contributed by atoms with E-state index in [9.17, 15) is 4.79 Å².